The molecule has 0 spiro atoms. The predicted molar refractivity (Wildman–Crippen MR) is 108 cm³/mol. The standard InChI is InChI=1S/C22H26F2N4O2/c1-14-10-20(27-15(2)26-14)22(30)28-9-3-4-16(13-28)6-8-21(29)25-12-17-5-7-18(23)19(24)11-17/h5,7,10-11,16H,3-4,6,8-9,12-13H2,1-2H3,(H,25,29)/t16-/m1/s1. The number of aromatic nitrogens is 2. The molecule has 0 unspecified atom stereocenters. The molecule has 0 saturated carbocycles. The van der Waals surface area contributed by atoms with Crippen LogP contribution in [-0.4, -0.2) is 39.8 Å². The molecule has 1 aromatic carbocycles. The maximum atomic E-state index is 13.2. The van der Waals surface area contributed by atoms with Crippen molar-refractivity contribution in [3.63, 3.8) is 0 Å². The number of nitrogens with one attached hydrogen (secondary N) is 1. The van der Waals surface area contributed by atoms with E-state index in [0.29, 0.717) is 43.0 Å². The summed E-state index contributed by atoms with van der Waals surface area (Å²) in [6.07, 6.45) is 2.83. The summed E-state index contributed by atoms with van der Waals surface area (Å²) in [4.78, 5) is 35.2. The molecular formula is C22H26F2N4O2. The van der Waals surface area contributed by atoms with Crippen LogP contribution in [-0.2, 0) is 11.3 Å². The lowest BCUT2D eigenvalue weighted by Gasteiger charge is -2.32. The molecule has 0 bridgehead atoms. The lowest BCUT2D eigenvalue weighted by Crippen LogP contribution is -2.40. The highest BCUT2D eigenvalue weighted by Crippen LogP contribution is 2.22. The Morgan fingerprint density at radius 2 is 1.97 bits per heavy atom. The number of hydrogen-bond acceptors (Lipinski definition) is 4. The van der Waals surface area contributed by atoms with Crippen molar-refractivity contribution in [3.8, 4) is 0 Å². The number of hydrogen-bond donors (Lipinski definition) is 1. The van der Waals surface area contributed by atoms with E-state index in [1.807, 2.05) is 6.92 Å². The fourth-order valence-corrected chi connectivity index (χ4v) is 3.75. The zero-order valence-electron chi connectivity index (χ0n) is 17.3. The fraction of sp³-hybridized carbons (Fsp3) is 0.455. The summed E-state index contributed by atoms with van der Waals surface area (Å²) in [5.74, 6) is -1.27. The van der Waals surface area contributed by atoms with E-state index in [9.17, 15) is 18.4 Å². The zero-order valence-corrected chi connectivity index (χ0v) is 17.3. The molecule has 1 saturated heterocycles. The normalized spacial score (nSPS) is 16.4. The molecule has 8 heteroatoms. The van der Waals surface area contributed by atoms with Gasteiger partial charge in [-0.2, -0.15) is 0 Å². The first-order valence-corrected chi connectivity index (χ1v) is 10.1. The van der Waals surface area contributed by atoms with Crippen molar-refractivity contribution in [2.45, 2.75) is 46.1 Å². The number of likely N-dealkylation sites (tertiary alicyclic amines) is 1. The average Bonchev–Trinajstić information content (AvgIpc) is 2.72. The van der Waals surface area contributed by atoms with Gasteiger partial charge < -0.3 is 10.2 Å². The van der Waals surface area contributed by atoms with E-state index < -0.39 is 11.6 Å². The van der Waals surface area contributed by atoms with Gasteiger partial charge >= 0.3 is 0 Å². The van der Waals surface area contributed by atoms with Gasteiger partial charge in [-0.15, -0.1) is 0 Å². The van der Waals surface area contributed by atoms with Crippen LogP contribution in [0.3, 0.4) is 0 Å². The van der Waals surface area contributed by atoms with Crippen molar-refractivity contribution < 1.29 is 18.4 Å². The third kappa shape index (κ3) is 5.81. The molecule has 1 aliphatic rings. The number of amides is 2. The van der Waals surface area contributed by atoms with E-state index in [1.54, 1.807) is 17.9 Å². The van der Waals surface area contributed by atoms with Gasteiger partial charge in [0, 0.05) is 31.7 Å². The van der Waals surface area contributed by atoms with E-state index in [4.69, 9.17) is 0 Å². The maximum absolute atomic E-state index is 13.2. The van der Waals surface area contributed by atoms with Crippen molar-refractivity contribution in [1.82, 2.24) is 20.2 Å². The van der Waals surface area contributed by atoms with Gasteiger partial charge in [0.2, 0.25) is 5.91 Å². The summed E-state index contributed by atoms with van der Waals surface area (Å²) >= 11 is 0. The first-order chi connectivity index (χ1) is 14.3. The van der Waals surface area contributed by atoms with Gasteiger partial charge in [-0.3, -0.25) is 9.59 Å². The minimum absolute atomic E-state index is 0.101. The summed E-state index contributed by atoms with van der Waals surface area (Å²) in [7, 11) is 0. The minimum atomic E-state index is -0.928. The van der Waals surface area contributed by atoms with Crippen LogP contribution in [0.5, 0.6) is 0 Å². The van der Waals surface area contributed by atoms with Crippen molar-refractivity contribution in [2.24, 2.45) is 5.92 Å². The van der Waals surface area contributed by atoms with E-state index in [2.05, 4.69) is 15.3 Å². The van der Waals surface area contributed by atoms with Crippen LogP contribution in [0.4, 0.5) is 8.78 Å². The predicted octanol–water partition coefficient (Wildman–Crippen LogP) is 3.32. The van der Waals surface area contributed by atoms with Crippen molar-refractivity contribution in [2.75, 3.05) is 13.1 Å². The van der Waals surface area contributed by atoms with E-state index in [-0.39, 0.29) is 24.3 Å². The molecule has 1 N–H and O–H groups in total. The largest absolute Gasteiger partial charge is 0.352 e. The molecule has 2 amide bonds. The third-order valence-electron chi connectivity index (χ3n) is 5.24. The Hall–Kier alpha value is -2.90. The molecule has 2 heterocycles. The molecule has 0 aliphatic carbocycles. The number of benzene rings is 1. The first kappa shape index (κ1) is 21.8. The number of nitrogens with zero attached hydrogens (tertiary/aromatic N) is 3. The molecule has 1 aromatic heterocycles. The molecule has 1 atom stereocenters. The van der Waals surface area contributed by atoms with Crippen LogP contribution in [0.2, 0.25) is 0 Å². The van der Waals surface area contributed by atoms with Crippen LogP contribution >= 0.6 is 0 Å². The summed E-state index contributed by atoms with van der Waals surface area (Å²) in [5, 5.41) is 2.73. The van der Waals surface area contributed by atoms with Crippen molar-refractivity contribution in [3.05, 3.63) is 58.7 Å². The Kier molecular flexibility index (Phi) is 7.07. The number of rotatable bonds is 6. The number of carbonyl (C=O) groups excluding carboxylic acids is 2. The lowest BCUT2D eigenvalue weighted by molar-refractivity contribution is -0.121. The Bertz CT molecular complexity index is 915. The molecule has 3 rings (SSSR count). The second-order valence-electron chi connectivity index (χ2n) is 7.77. The van der Waals surface area contributed by atoms with Crippen LogP contribution in [0, 0.1) is 31.4 Å². The summed E-state index contributed by atoms with van der Waals surface area (Å²) in [6, 6.07) is 5.27. The molecule has 1 fully saturated rings. The van der Waals surface area contributed by atoms with E-state index in [1.165, 1.54) is 6.07 Å². The SMILES string of the molecule is Cc1cc(C(=O)N2CCC[C@H](CCC(=O)NCc3ccc(F)c(F)c3)C2)nc(C)n1. The van der Waals surface area contributed by atoms with Gasteiger partial charge in [-0.05, 0) is 62.8 Å². The Labute approximate surface area is 174 Å². The fourth-order valence-electron chi connectivity index (χ4n) is 3.75. The average molecular weight is 416 g/mol. The highest BCUT2D eigenvalue weighted by molar-refractivity contribution is 5.92. The van der Waals surface area contributed by atoms with Gasteiger partial charge in [0.05, 0.1) is 0 Å². The summed E-state index contributed by atoms with van der Waals surface area (Å²) < 4.78 is 26.2. The number of carbonyl (C=O) groups is 2. The van der Waals surface area contributed by atoms with Gasteiger partial charge in [-0.1, -0.05) is 6.07 Å². The van der Waals surface area contributed by atoms with Crippen molar-refractivity contribution >= 4 is 11.8 Å². The van der Waals surface area contributed by atoms with Crippen LogP contribution in [0.25, 0.3) is 0 Å². The van der Waals surface area contributed by atoms with E-state index >= 15 is 0 Å². The molecular weight excluding hydrogens is 390 g/mol. The molecule has 2 aromatic rings. The van der Waals surface area contributed by atoms with Gasteiger partial charge in [0.25, 0.3) is 5.91 Å². The highest BCUT2D eigenvalue weighted by atomic mass is 19.2. The third-order valence-corrected chi connectivity index (χ3v) is 5.24. The smallest absolute Gasteiger partial charge is 0.272 e. The van der Waals surface area contributed by atoms with Crippen LogP contribution < -0.4 is 5.32 Å². The highest BCUT2D eigenvalue weighted by Gasteiger charge is 2.26. The van der Waals surface area contributed by atoms with Crippen LogP contribution in [0.15, 0.2) is 24.3 Å². The molecule has 6 nitrogen and oxygen atoms in total. The van der Waals surface area contributed by atoms with Gasteiger partial charge in [-0.25, -0.2) is 18.7 Å². The second-order valence-corrected chi connectivity index (χ2v) is 7.77. The molecule has 30 heavy (non-hydrogen) atoms. The first-order valence-electron chi connectivity index (χ1n) is 10.1. The quantitative estimate of drug-likeness (QED) is 0.784. The summed E-state index contributed by atoms with van der Waals surface area (Å²) in [6.45, 7) is 5.03. The van der Waals surface area contributed by atoms with E-state index in [0.717, 1.165) is 30.7 Å². The monoisotopic (exact) mass is 416 g/mol. The number of halogens is 2. The van der Waals surface area contributed by atoms with Crippen LogP contribution in [0.1, 0.15) is 53.3 Å². The minimum Gasteiger partial charge on any atom is -0.352 e. The Morgan fingerprint density at radius 3 is 2.70 bits per heavy atom. The zero-order chi connectivity index (χ0) is 21.7. The second kappa shape index (κ2) is 9.73. The summed E-state index contributed by atoms with van der Waals surface area (Å²) in [5.41, 5.74) is 1.68. The molecule has 0 radical (unpaired) electrons. The molecule has 160 valence electrons. The number of piperidine rings is 1. The Balaban J connectivity index is 1.48. The lowest BCUT2D eigenvalue weighted by atomic mass is 9.93. The van der Waals surface area contributed by atoms with Gasteiger partial charge in [0.15, 0.2) is 11.6 Å². The van der Waals surface area contributed by atoms with Crippen molar-refractivity contribution in [1.29, 1.82) is 0 Å². The molecule has 1 aliphatic heterocycles. The maximum Gasteiger partial charge on any atom is 0.272 e. The number of aryl methyl sites for hydroxylation is 2. The Morgan fingerprint density at radius 1 is 1.17 bits per heavy atom. The van der Waals surface area contributed by atoms with Gasteiger partial charge in [0.1, 0.15) is 11.5 Å². The topological polar surface area (TPSA) is 75.2 Å².